The standard InChI is InChI=1S/C13H12O3/c1-9(14)13(15)16-12-8-4-6-10-5-2-3-7-11(10)12/h2-9,14H,1H3. The Hall–Kier alpha value is -1.87. The maximum absolute atomic E-state index is 11.3. The van der Waals surface area contributed by atoms with Crippen LogP contribution < -0.4 is 4.74 Å². The van der Waals surface area contributed by atoms with E-state index in [1.165, 1.54) is 6.92 Å². The lowest BCUT2D eigenvalue weighted by Gasteiger charge is -2.08. The first-order chi connectivity index (χ1) is 7.68. The quantitative estimate of drug-likeness (QED) is 0.618. The van der Waals surface area contributed by atoms with E-state index in [2.05, 4.69) is 0 Å². The second kappa shape index (κ2) is 4.33. The fourth-order valence-electron chi connectivity index (χ4n) is 1.48. The van der Waals surface area contributed by atoms with Crippen molar-refractivity contribution in [1.29, 1.82) is 0 Å². The number of esters is 1. The predicted molar refractivity (Wildman–Crippen MR) is 61.3 cm³/mol. The van der Waals surface area contributed by atoms with Crippen LogP contribution in [-0.4, -0.2) is 17.2 Å². The SMILES string of the molecule is CC(O)C(=O)Oc1cccc2ccccc12. The van der Waals surface area contributed by atoms with Gasteiger partial charge in [0.1, 0.15) is 11.9 Å². The zero-order valence-electron chi connectivity index (χ0n) is 8.88. The van der Waals surface area contributed by atoms with E-state index in [-0.39, 0.29) is 0 Å². The Labute approximate surface area is 93.3 Å². The topological polar surface area (TPSA) is 46.5 Å². The second-order valence-electron chi connectivity index (χ2n) is 3.57. The van der Waals surface area contributed by atoms with Gasteiger partial charge in [0.15, 0.2) is 0 Å². The normalized spacial score (nSPS) is 12.4. The molecule has 0 aromatic heterocycles. The van der Waals surface area contributed by atoms with Gasteiger partial charge in [-0.15, -0.1) is 0 Å². The molecule has 0 bridgehead atoms. The lowest BCUT2D eigenvalue weighted by molar-refractivity contribution is -0.142. The van der Waals surface area contributed by atoms with Crippen LogP contribution in [0.25, 0.3) is 10.8 Å². The summed E-state index contributed by atoms with van der Waals surface area (Å²) in [5.41, 5.74) is 0. The molecule has 1 unspecified atom stereocenters. The Kier molecular flexibility index (Phi) is 2.88. The van der Waals surface area contributed by atoms with Crippen molar-refractivity contribution in [2.24, 2.45) is 0 Å². The average molecular weight is 216 g/mol. The Morgan fingerprint density at radius 2 is 1.88 bits per heavy atom. The number of rotatable bonds is 2. The van der Waals surface area contributed by atoms with E-state index in [0.29, 0.717) is 5.75 Å². The summed E-state index contributed by atoms with van der Waals surface area (Å²) in [6, 6.07) is 13.1. The van der Waals surface area contributed by atoms with Gasteiger partial charge in [-0.25, -0.2) is 4.79 Å². The van der Waals surface area contributed by atoms with E-state index in [4.69, 9.17) is 9.84 Å². The summed E-state index contributed by atoms with van der Waals surface area (Å²) in [4.78, 5) is 11.3. The summed E-state index contributed by atoms with van der Waals surface area (Å²) in [7, 11) is 0. The van der Waals surface area contributed by atoms with Crippen LogP contribution in [0.15, 0.2) is 42.5 Å². The van der Waals surface area contributed by atoms with Crippen LogP contribution in [0.1, 0.15) is 6.92 Å². The highest BCUT2D eigenvalue weighted by atomic mass is 16.5. The molecule has 0 saturated carbocycles. The lowest BCUT2D eigenvalue weighted by atomic mass is 10.1. The van der Waals surface area contributed by atoms with Crippen molar-refractivity contribution in [3.8, 4) is 5.75 Å². The average Bonchev–Trinajstić information content (AvgIpc) is 2.29. The van der Waals surface area contributed by atoms with Crippen LogP contribution in [0.4, 0.5) is 0 Å². The molecule has 0 radical (unpaired) electrons. The minimum Gasteiger partial charge on any atom is -0.424 e. The molecule has 16 heavy (non-hydrogen) atoms. The van der Waals surface area contributed by atoms with Crippen molar-refractivity contribution in [1.82, 2.24) is 0 Å². The number of benzene rings is 2. The summed E-state index contributed by atoms with van der Waals surface area (Å²) in [6.45, 7) is 1.38. The number of carbonyl (C=O) groups is 1. The van der Waals surface area contributed by atoms with Crippen LogP contribution in [0.5, 0.6) is 5.75 Å². The molecule has 1 atom stereocenters. The maximum atomic E-state index is 11.3. The van der Waals surface area contributed by atoms with Gasteiger partial charge < -0.3 is 9.84 Å². The van der Waals surface area contributed by atoms with Crippen LogP contribution in [-0.2, 0) is 4.79 Å². The Balaban J connectivity index is 2.41. The minimum absolute atomic E-state index is 0.476. The summed E-state index contributed by atoms with van der Waals surface area (Å²) < 4.78 is 5.10. The van der Waals surface area contributed by atoms with Gasteiger partial charge in [-0.3, -0.25) is 0 Å². The van der Waals surface area contributed by atoms with Gasteiger partial charge in [0, 0.05) is 5.39 Å². The summed E-state index contributed by atoms with van der Waals surface area (Å²) in [5.74, 6) is -0.166. The third-order valence-corrected chi connectivity index (χ3v) is 2.30. The molecule has 2 aromatic rings. The first-order valence-corrected chi connectivity index (χ1v) is 5.06. The summed E-state index contributed by atoms with van der Waals surface area (Å²) in [5, 5.41) is 10.9. The molecule has 1 N–H and O–H groups in total. The molecule has 0 spiro atoms. The molecule has 0 saturated heterocycles. The molecular formula is C13H12O3. The number of carbonyl (C=O) groups excluding carboxylic acids is 1. The largest absolute Gasteiger partial charge is 0.424 e. The third kappa shape index (κ3) is 2.04. The number of hydrogen-bond acceptors (Lipinski definition) is 3. The fourth-order valence-corrected chi connectivity index (χ4v) is 1.48. The predicted octanol–water partition coefficient (Wildman–Crippen LogP) is 2.13. The third-order valence-electron chi connectivity index (χ3n) is 2.30. The van der Waals surface area contributed by atoms with Crippen LogP contribution in [0.2, 0.25) is 0 Å². The molecule has 3 heteroatoms. The Bertz CT molecular complexity index is 512. The molecular weight excluding hydrogens is 204 g/mol. The molecule has 82 valence electrons. The molecule has 0 aliphatic rings. The van der Waals surface area contributed by atoms with Gasteiger partial charge in [0.05, 0.1) is 0 Å². The molecule has 2 rings (SSSR count). The minimum atomic E-state index is -1.11. The lowest BCUT2D eigenvalue weighted by Crippen LogP contribution is -2.22. The number of hydrogen-bond donors (Lipinski definition) is 1. The zero-order valence-corrected chi connectivity index (χ0v) is 8.88. The van der Waals surface area contributed by atoms with Gasteiger partial charge >= 0.3 is 5.97 Å². The van der Waals surface area contributed by atoms with Crippen molar-refractivity contribution in [2.75, 3.05) is 0 Å². The van der Waals surface area contributed by atoms with E-state index in [0.717, 1.165) is 10.8 Å². The van der Waals surface area contributed by atoms with E-state index in [9.17, 15) is 4.79 Å². The van der Waals surface area contributed by atoms with Gasteiger partial charge in [-0.1, -0.05) is 36.4 Å². The van der Waals surface area contributed by atoms with Crippen molar-refractivity contribution < 1.29 is 14.6 Å². The highest BCUT2D eigenvalue weighted by Gasteiger charge is 2.12. The maximum Gasteiger partial charge on any atom is 0.340 e. The highest BCUT2D eigenvalue weighted by molar-refractivity contribution is 5.90. The number of aliphatic hydroxyl groups is 1. The molecule has 0 fully saturated rings. The summed E-state index contributed by atoms with van der Waals surface area (Å²) in [6.07, 6.45) is -1.11. The Morgan fingerprint density at radius 3 is 2.62 bits per heavy atom. The van der Waals surface area contributed by atoms with E-state index in [1.54, 1.807) is 6.07 Å². The fraction of sp³-hybridized carbons (Fsp3) is 0.154. The second-order valence-corrected chi connectivity index (χ2v) is 3.57. The van der Waals surface area contributed by atoms with Crippen LogP contribution in [0.3, 0.4) is 0 Å². The van der Waals surface area contributed by atoms with E-state index < -0.39 is 12.1 Å². The first-order valence-electron chi connectivity index (χ1n) is 5.06. The molecule has 0 aliphatic carbocycles. The van der Waals surface area contributed by atoms with Crippen LogP contribution in [0, 0.1) is 0 Å². The first kappa shape index (κ1) is 10.6. The van der Waals surface area contributed by atoms with Crippen molar-refractivity contribution in [3.63, 3.8) is 0 Å². The molecule has 3 nitrogen and oxygen atoms in total. The van der Waals surface area contributed by atoms with E-state index in [1.807, 2.05) is 36.4 Å². The van der Waals surface area contributed by atoms with Gasteiger partial charge in [-0.2, -0.15) is 0 Å². The smallest absolute Gasteiger partial charge is 0.340 e. The summed E-state index contributed by atoms with van der Waals surface area (Å²) >= 11 is 0. The number of ether oxygens (including phenoxy) is 1. The Morgan fingerprint density at radius 1 is 1.19 bits per heavy atom. The van der Waals surface area contributed by atoms with Gasteiger partial charge in [-0.05, 0) is 18.4 Å². The van der Waals surface area contributed by atoms with Crippen molar-refractivity contribution >= 4 is 16.7 Å². The molecule has 0 aliphatic heterocycles. The van der Waals surface area contributed by atoms with Crippen molar-refractivity contribution in [2.45, 2.75) is 13.0 Å². The molecule has 2 aromatic carbocycles. The number of aliphatic hydroxyl groups excluding tert-OH is 1. The monoisotopic (exact) mass is 216 g/mol. The molecule has 0 amide bonds. The van der Waals surface area contributed by atoms with Gasteiger partial charge in [0.25, 0.3) is 0 Å². The van der Waals surface area contributed by atoms with E-state index >= 15 is 0 Å². The van der Waals surface area contributed by atoms with Gasteiger partial charge in [0.2, 0.25) is 0 Å². The van der Waals surface area contributed by atoms with Crippen molar-refractivity contribution in [3.05, 3.63) is 42.5 Å². The highest BCUT2D eigenvalue weighted by Crippen LogP contribution is 2.25. The molecule has 0 heterocycles. The number of fused-ring (bicyclic) bond motifs is 1. The zero-order chi connectivity index (χ0) is 11.5. The van der Waals surface area contributed by atoms with Crippen LogP contribution >= 0.6 is 0 Å².